The summed E-state index contributed by atoms with van der Waals surface area (Å²) in [6.07, 6.45) is 3.46. The molecule has 1 aliphatic carbocycles. The summed E-state index contributed by atoms with van der Waals surface area (Å²) in [4.78, 5) is 37.3. The van der Waals surface area contributed by atoms with Crippen molar-refractivity contribution < 1.29 is 29.0 Å². The Bertz CT molecular complexity index is 649. The average Bonchev–Trinajstić information content (AvgIpc) is 2.84. The molecular formula is C20H28O6. The van der Waals surface area contributed by atoms with E-state index in [-0.39, 0.29) is 17.8 Å². The van der Waals surface area contributed by atoms with Gasteiger partial charge in [-0.15, -0.1) is 0 Å². The molecule has 0 aromatic rings. The molecule has 1 saturated heterocycles. The Balaban J connectivity index is 2.53. The number of carbonyl (C=O) groups is 3. The summed E-state index contributed by atoms with van der Waals surface area (Å²) in [7, 11) is 0. The Labute approximate surface area is 154 Å². The SMILES string of the molecule is CC=CC(=O)C1(O)C(C)CCC2C(C)C(=O)OC2C1OC(=O)C(C)=CC. The topological polar surface area (TPSA) is 89.9 Å². The lowest BCUT2D eigenvalue weighted by Crippen LogP contribution is -2.59. The van der Waals surface area contributed by atoms with Crippen LogP contribution in [0.3, 0.4) is 0 Å². The molecule has 2 aliphatic rings. The minimum atomic E-state index is -1.94. The third kappa shape index (κ3) is 3.34. The fourth-order valence-corrected chi connectivity index (χ4v) is 3.83. The van der Waals surface area contributed by atoms with E-state index in [4.69, 9.17) is 9.47 Å². The fraction of sp³-hybridized carbons (Fsp3) is 0.650. The molecule has 0 amide bonds. The first kappa shape index (κ1) is 20.4. The van der Waals surface area contributed by atoms with Crippen molar-refractivity contribution in [3.8, 4) is 0 Å². The van der Waals surface area contributed by atoms with Gasteiger partial charge in [-0.25, -0.2) is 4.79 Å². The summed E-state index contributed by atoms with van der Waals surface area (Å²) < 4.78 is 11.1. The molecule has 0 spiro atoms. The maximum atomic E-state index is 12.8. The van der Waals surface area contributed by atoms with Gasteiger partial charge in [0.1, 0.15) is 6.10 Å². The lowest BCUT2D eigenvalue weighted by Gasteiger charge is -2.38. The minimum absolute atomic E-state index is 0.207. The van der Waals surface area contributed by atoms with Crippen LogP contribution in [-0.2, 0) is 23.9 Å². The molecule has 0 aromatic heterocycles. The number of esters is 2. The van der Waals surface area contributed by atoms with E-state index in [1.807, 2.05) is 0 Å². The van der Waals surface area contributed by atoms with Crippen LogP contribution in [0.4, 0.5) is 0 Å². The van der Waals surface area contributed by atoms with Gasteiger partial charge in [0.15, 0.2) is 17.5 Å². The highest BCUT2D eigenvalue weighted by atomic mass is 16.6. The summed E-state index contributed by atoms with van der Waals surface area (Å²) in [5, 5.41) is 11.4. The van der Waals surface area contributed by atoms with Crippen molar-refractivity contribution in [2.75, 3.05) is 0 Å². The summed E-state index contributed by atoms with van der Waals surface area (Å²) in [6, 6.07) is 0. The van der Waals surface area contributed by atoms with E-state index in [0.717, 1.165) is 0 Å². The van der Waals surface area contributed by atoms with Crippen molar-refractivity contribution in [3.05, 3.63) is 23.8 Å². The van der Waals surface area contributed by atoms with Crippen molar-refractivity contribution in [2.24, 2.45) is 17.8 Å². The first-order valence-corrected chi connectivity index (χ1v) is 9.12. The molecule has 1 N–H and O–H groups in total. The monoisotopic (exact) mass is 364 g/mol. The van der Waals surface area contributed by atoms with Gasteiger partial charge in [0.25, 0.3) is 0 Å². The van der Waals surface area contributed by atoms with Crippen LogP contribution in [0.25, 0.3) is 0 Å². The first-order chi connectivity index (χ1) is 12.2. The Morgan fingerprint density at radius 1 is 1.27 bits per heavy atom. The van der Waals surface area contributed by atoms with E-state index < -0.39 is 35.5 Å². The number of ether oxygens (including phenoxy) is 2. The summed E-state index contributed by atoms with van der Waals surface area (Å²) >= 11 is 0. The number of fused-ring (bicyclic) bond motifs is 1. The van der Waals surface area contributed by atoms with Crippen LogP contribution in [-0.4, -0.2) is 40.6 Å². The van der Waals surface area contributed by atoms with Crippen molar-refractivity contribution in [3.63, 3.8) is 0 Å². The quantitative estimate of drug-likeness (QED) is 0.608. The molecule has 1 heterocycles. The zero-order valence-electron chi connectivity index (χ0n) is 16.0. The van der Waals surface area contributed by atoms with Crippen LogP contribution in [0, 0.1) is 17.8 Å². The first-order valence-electron chi connectivity index (χ1n) is 9.12. The van der Waals surface area contributed by atoms with E-state index in [9.17, 15) is 19.5 Å². The molecule has 6 heteroatoms. The van der Waals surface area contributed by atoms with Crippen LogP contribution >= 0.6 is 0 Å². The summed E-state index contributed by atoms with van der Waals surface area (Å²) in [5.41, 5.74) is -1.59. The highest BCUT2D eigenvalue weighted by molar-refractivity contribution is 5.98. The number of hydrogen-bond donors (Lipinski definition) is 1. The Morgan fingerprint density at radius 2 is 1.92 bits per heavy atom. The van der Waals surface area contributed by atoms with Gasteiger partial charge >= 0.3 is 11.9 Å². The van der Waals surface area contributed by atoms with Gasteiger partial charge in [-0.05, 0) is 45.6 Å². The molecule has 26 heavy (non-hydrogen) atoms. The molecule has 2 rings (SSSR count). The molecule has 0 radical (unpaired) electrons. The van der Waals surface area contributed by atoms with Crippen molar-refractivity contribution in [1.82, 2.24) is 0 Å². The van der Waals surface area contributed by atoms with Gasteiger partial charge in [0.05, 0.1) is 5.92 Å². The molecule has 6 nitrogen and oxygen atoms in total. The molecule has 1 saturated carbocycles. The largest absolute Gasteiger partial charge is 0.458 e. The molecule has 0 aromatic carbocycles. The Morgan fingerprint density at radius 3 is 2.50 bits per heavy atom. The maximum absolute atomic E-state index is 12.8. The lowest BCUT2D eigenvalue weighted by molar-refractivity contribution is -0.192. The van der Waals surface area contributed by atoms with Crippen molar-refractivity contribution in [1.29, 1.82) is 0 Å². The van der Waals surface area contributed by atoms with Crippen LogP contribution in [0.1, 0.15) is 47.5 Å². The molecule has 6 atom stereocenters. The molecule has 6 unspecified atom stereocenters. The molecular weight excluding hydrogens is 336 g/mol. The van der Waals surface area contributed by atoms with Gasteiger partial charge in [0.2, 0.25) is 0 Å². The zero-order valence-corrected chi connectivity index (χ0v) is 16.0. The van der Waals surface area contributed by atoms with Crippen LogP contribution in [0.15, 0.2) is 23.8 Å². The molecule has 144 valence electrons. The van der Waals surface area contributed by atoms with E-state index in [2.05, 4.69) is 0 Å². The predicted molar refractivity (Wildman–Crippen MR) is 95.0 cm³/mol. The van der Waals surface area contributed by atoms with Crippen molar-refractivity contribution in [2.45, 2.75) is 65.3 Å². The van der Waals surface area contributed by atoms with Crippen LogP contribution < -0.4 is 0 Å². The second-order valence-corrected chi connectivity index (χ2v) is 7.32. The second-order valence-electron chi connectivity index (χ2n) is 7.32. The summed E-state index contributed by atoms with van der Waals surface area (Å²) in [6.45, 7) is 8.50. The number of aliphatic hydroxyl groups is 1. The smallest absolute Gasteiger partial charge is 0.333 e. The van der Waals surface area contributed by atoms with Gasteiger partial charge < -0.3 is 14.6 Å². The number of allylic oxidation sites excluding steroid dienone is 2. The van der Waals surface area contributed by atoms with Gasteiger partial charge in [0, 0.05) is 11.5 Å². The van der Waals surface area contributed by atoms with Crippen LogP contribution in [0.5, 0.6) is 0 Å². The molecule has 0 bridgehead atoms. The predicted octanol–water partition coefficient (Wildman–Crippen LogP) is 2.35. The fourth-order valence-electron chi connectivity index (χ4n) is 3.83. The van der Waals surface area contributed by atoms with Crippen LogP contribution in [0.2, 0.25) is 0 Å². The van der Waals surface area contributed by atoms with E-state index in [0.29, 0.717) is 18.4 Å². The van der Waals surface area contributed by atoms with Crippen molar-refractivity contribution >= 4 is 17.7 Å². The standard InChI is InChI=1S/C20H28O6/c1-6-8-15(21)20(24)12(4)9-10-14-13(5)19(23)25-16(14)17(20)26-18(22)11(3)7-2/h6-8,12-14,16-17,24H,9-10H2,1-5H3. The normalized spacial score (nSPS) is 37.8. The number of carbonyl (C=O) groups excluding carboxylic acids is 3. The Hall–Kier alpha value is -1.95. The van der Waals surface area contributed by atoms with E-state index in [1.165, 1.54) is 12.2 Å². The van der Waals surface area contributed by atoms with E-state index in [1.54, 1.807) is 40.7 Å². The zero-order chi connectivity index (χ0) is 19.6. The maximum Gasteiger partial charge on any atom is 0.333 e. The van der Waals surface area contributed by atoms with Gasteiger partial charge in [-0.3, -0.25) is 9.59 Å². The number of rotatable bonds is 4. The van der Waals surface area contributed by atoms with E-state index >= 15 is 0 Å². The number of ketones is 1. The highest BCUT2D eigenvalue weighted by Crippen LogP contribution is 2.45. The Kier molecular flexibility index (Phi) is 6.06. The van der Waals surface area contributed by atoms with Gasteiger partial charge in [-0.2, -0.15) is 0 Å². The average molecular weight is 364 g/mol. The molecule has 2 fully saturated rings. The third-order valence-corrected chi connectivity index (χ3v) is 5.81. The minimum Gasteiger partial charge on any atom is -0.458 e. The number of hydrogen-bond acceptors (Lipinski definition) is 6. The summed E-state index contributed by atoms with van der Waals surface area (Å²) in [5.74, 6) is -2.59. The molecule has 1 aliphatic heterocycles. The lowest BCUT2D eigenvalue weighted by atomic mass is 9.77. The highest BCUT2D eigenvalue weighted by Gasteiger charge is 2.60. The second kappa shape index (κ2) is 7.74. The van der Waals surface area contributed by atoms with Gasteiger partial charge in [-0.1, -0.05) is 26.0 Å². The third-order valence-electron chi connectivity index (χ3n) is 5.81.